The van der Waals surface area contributed by atoms with E-state index in [0.717, 1.165) is 52.0 Å². The molecule has 2 N–H and O–H groups in total. The summed E-state index contributed by atoms with van der Waals surface area (Å²) in [6.45, 7) is 5.33. The zero-order valence-electron chi connectivity index (χ0n) is 14.0. The van der Waals surface area contributed by atoms with E-state index in [-0.39, 0.29) is 23.3 Å². The Kier molecular flexibility index (Phi) is 5.02. The fourth-order valence-electron chi connectivity index (χ4n) is 3.99. The van der Waals surface area contributed by atoms with Crippen LogP contribution in [0.15, 0.2) is 30.3 Å². The van der Waals surface area contributed by atoms with Crippen LogP contribution in [0.25, 0.3) is 0 Å². The number of rotatable bonds is 3. The SMILES string of the molecule is CC1(c2ccccc2)CCCN(C(=O)C(N)C2CCOCC2)C1. The maximum absolute atomic E-state index is 12.9. The van der Waals surface area contributed by atoms with Crippen molar-refractivity contribution in [1.29, 1.82) is 0 Å². The molecule has 0 saturated carbocycles. The van der Waals surface area contributed by atoms with Crippen molar-refractivity contribution in [3.63, 3.8) is 0 Å². The molecule has 23 heavy (non-hydrogen) atoms. The molecule has 3 rings (SSSR count). The monoisotopic (exact) mass is 316 g/mol. The van der Waals surface area contributed by atoms with E-state index in [4.69, 9.17) is 10.5 Å². The third-order valence-electron chi connectivity index (χ3n) is 5.54. The van der Waals surface area contributed by atoms with E-state index in [9.17, 15) is 4.79 Å². The van der Waals surface area contributed by atoms with Gasteiger partial charge in [0.05, 0.1) is 6.04 Å². The summed E-state index contributed by atoms with van der Waals surface area (Å²) in [5, 5.41) is 0. The lowest BCUT2D eigenvalue weighted by molar-refractivity contribution is -0.136. The molecule has 4 heteroatoms. The number of hydrogen-bond acceptors (Lipinski definition) is 3. The van der Waals surface area contributed by atoms with Crippen molar-refractivity contribution in [2.24, 2.45) is 11.7 Å². The molecule has 2 saturated heterocycles. The molecule has 0 spiro atoms. The summed E-state index contributed by atoms with van der Waals surface area (Å²) in [5.41, 5.74) is 7.65. The largest absolute Gasteiger partial charge is 0.381 e. The average molecular weight is 316 g/mol. The molecular weight excluding hydrogens is 288 g/mol. The normalized spacial score (nSPS) is 27.7. The Bertz CT molecular complexity index is 527. The number of hydrogen-bond donors (Lipinski definition) is 1. The summed E-state index contributed by atoms with van der Waals surface area (Å²) in [7, 11) is 0. The number of likely N-dealkylation sites (tertiary alicyclic amines) is 1. The number of benzene rings is 1. The zero-order chi connectivity index (χ0) is 16.3. The van der Waals surface area contributed by atoms with Crippen molar-refractivity contribution in [3.8, 4) is 0 Å². The molecule has 0 radical (unpaired) electrons. The van der Waals surface area contributed by atoms with Gasteiger partial charge in [0.15, 0.2) is 0 Å². The third-order valence-corrected chi connectivity index (χ3v) is 5.54. The van der Waals surface area contributed by atoms with E-state index >= 15 is 0 Å². The van der Waals surface area contributed by atoms with Crippen LogP contribution in [0, 0.1) is 5.92 Å². The van der Waals surface area contributed by atoms with Crippen LogP contribution < -0.4 is 5.73 Å². The lowest BCUT2D eigenvalue weighted by Crippen LogP contribution is -2.54. The fraction of sp³-hybridized carbons (Fsp3) is 0.632. The van der Waals surface area contributed by atoms with Gasteiger partial charge >= 0.3 is 0 Å². The smallest absolute Gasteiger partial charge is 0.239 e. The lowest BCUT2D eigenvalue weighted by Gasteiger charge is -2.42. The Hall–Kier alpha value is -1.39. The second-order valence-electron chi connectivity index (χ2n) is 7.27. The van der Waals surface area contributed by atoms with Gasteiger partial charge in [-0.15, -0.1) is 0 Å². The third kappa shape index (κ3) is 3.59. The van der Waals surface area contributed by atoms with Gasteiger partial charge in [0.2, 0.25) is 5.91 Å². The average Bonchev–Trinajstić information content (AvgIpc) is 2.62. The Balaban J connectivity index is 1.69. The molecule has 2 unspecified atom stereocenters. The quantitative estimate of drug-likeness (QED) is 0.931. The predicted molar refractivity (Wildman–Crippen MR) is 91.1 cm³/mol. The van der Waals surface area contributed by atoms with Crippen LogP contribution >= 0.6 is 0 Å². The van der Waals surface area contributed by atoms with Crippen molar-refractivity contribution in [3.05, 3.63) is 35.9 Å². The van der Waals surface area contributed by atoms with Gasteiger partial charge in [0, 0.05) is 31.7 Å². The van der Waals surface area contributed by atoms with Crippen LogP contribution in [0.5, 0.6) is 0 Å². The Labute approximate surface area is 139 Å². The number of piperidine rings is 1. The standard InChI is InChI=1S/C19H28N2O2/c1-19(16-6-3-2-4-7-16)10-5-11-21(14-19)18(22)17(20)15-8-12-23-13-9-15/h2-4,6-7,15,17H,5,8-14,20H2,1H3. The van der Waals surface area contributed by atoms with Crippen LogP contribution in [-0.4, -0.2) is 43.2 Å². The zero-order valence-corrected chi connectivity index (χ0v) is 14.0. The minimum absolute atomic E-state index is 0.0323. The van der Waals surface area contributed by atoms with Gasteiger partial charge in [0.25, 0.3) is 0 Å². The molecule has 2 heterocycles. The molecule has 1 aromatic carbocycles. The van der Waals surface area contributed by atoms with Gasteiger partial charge in [-0.05, 0) is 37.2 Å². The predicted octanol–water partition coefficient (Wildman–Crippen LogP) is 2.32. The van der Waals surface area contributed by atoms with E-state index in [2.05, 4.69) is 31.2 Å². The molecule has 0 bridgehead atoms. The fourth-order valence-corrected chi connectivity index (χ4v) is 3.99. The molecule has 2 aliphatic heterocycles. The van der Waals surface area contributed by atoms with Crippen molar-refractivity contribution < 1.29 is 9.53 Å². The van der Waals surface area contributed by atoms with Crippen molar-refractivity contribution in [2.75, 3.05) is 26.3 Å². The number of carbonyl (C=O) groups excluding carboxylic acids is 1. The van der Waals surface area contributed by atoms with E-state index in [1.807, 2.05) is 11.0 Å². The Morgan fingerprint density at radius 3 is 2.70 bits per heavy atom. The minimum Gasteiger partial charge on any atom is -0.381 e. The van der Waals surface area contributed by atoms with Gasteiger partial charge < -0.3 is 15.4 Å². The van der Waals surface area contributed by atoms with Gasteiger partial charge in [-0.2, -0.15) is 0 Å². The summed E-state index contributed by atoms with van der Waals surface area (Å²) in [4.78, 5) is 14.9. The van der Waals surface area contributed by atoms with E-state index in [1.54, 1.807) is 0 Å². The first kappa shape index (κ1) is 16.5. The molecule has 1 amide bonds. The molecule has 2 atom stereocenters. The summed E-state index contributed by atoms with van der Waals surface area (Å²) in [6.07, 6.45) is 3.96. The van der Waals surface area contributed by atoms with E-state index < -0.39 is 0 Å². The second kappa shape index (κ2) is 7.02. The first-order chi connectivity index (χ1) is 11.1. The van der Waals surface area contributed by atoms with Gasteiger partial charge in [0.1, 0.15) is 0 Å². The maximum Gasteiger partial charge on any atom is 0.239 e. The lowest BCUT2D eigenvalue weighted by atomic mass is 9.75. The summed E-state index contributed by atoms with van der Waals surface area (Å²) in [6, 6.07) is 10.2. The number of nitrogens with zero attached hydrogens (tertiary/aromatic N) is 1. The summed E-state index contributed by atoms with van der Waals surface area (Å²) in [5.74, 6) is 0.389. The molecule has 0 aliphatic carbocycles. The number of amides is 1. The Morgan fingerprint density at radius 2 is 2.00 bits per heavy atom. The highest BCUT2D eigenvalue weighted by Gasteiger charge is 2.37. The summed E-state index contributed by atoms with van der Waals surface area (Å²) < 4.78 is 5.39. The Morgan fingerprint density at radius 1 is 1.30 bits per heavy atom. The second-order valence-corrected chi connectivity index (χ2v) is 7.27. The topological polar surface area (TPSA) is 55.6 Å². The highest BCUT2D eigenvalue weighted by Crippen LogP contribution is 2.34. The summed E-state index contributed by atoms with van der Waals surface area (Å²) >= 11 is 0. The number of nitrogens with two attached hydrogens (primary N) is 1. The van der Waals surface area contributed by atoms with E-state index in [0.29, 0.717) is 0 Å². The highest BCUT2D eigenvalue weighted by atomic mass is 16.5. The first-order valence-corrected chi connectivity index (χ1v) is 8.78. The van der Waals surface area contributed by atoms with Crippen LogP contribution in [0.1, 0.15) is 38.2 Å². The van der Waals surface area contributed by atoms with Crippen LogP contribution in [0.2, 0.25) is 0 Å². The van der Waals surface area contributed by atoms with Crippen molar-refractivity contribution in [2.45, 2.75) is 44.1 Å². The van der Waals surface area contributed by atoms with Gasteiger partial charge in [-0.3, -0.25) is 4.79 Å². The van der Waals surface area contributed by atoms with Crippen LogP contribution in [-0.2, 0) is 14.9 Å². The highest BCUT2D eigenvalue weighted by molar-refractivity contribution is 5.82. The molecule has 1 aromatic rings. The molecule has 2 aliphatic rings. The molecule has 0 aromatic heterocycles. The van der Waals surface area contributed by atoms with Gasteiger partial charge in [-0.25, -0.2) is 0 Å². The molecular formula is C19H28N2O2. The van der Waals surface area contributed by atoms with Gasteiger partial charge in [-0.1, -0.05) is 37.3 Å². The van der Waals surface area contributed by atoms with Crippen molar-refractivity contribution >= 4 is 5.91 Å². The molecule has 4 nitrogen and oxygen atoms in total. The van der Waals surface area contributed by atoms with Crippen molar-refractivity contribution in [1.82, 2.24) is 4.90 Å². The van der Waals surface area contributed by atoms with Crippen LogP contribution in [0.3, 0.4) is 0 Å². The van der Waals surface area contributed by atoms with Crippen LogP contribution in [0.4, 0.5) is 0 Å². The molecule has 2 fully saturated rings. The minimum atomic E-state index is -0.378. The van der Waals surface area contributed by atoms with E-state index in [1.165, 1.54) is 5.56 Å². The molecule has 126 valence electrons. The number of carbonyl (C=O) groups is 1. The number of ether oxygens (including phenoxy) is 1. The maximum atomic E-state index is 12.9. The first-order valence-electron chi connectivity index (χ1n) is 8.78.